The van der Waals surface area contributed by atoms with Crippen LogP contribution in [-0.4, -0.2) is 72.8 Å². The number of nitrogens with zero attached hydrogens (tertiary/aromatic N) is 3. The van der Waals surface area contributed by atoms with Gasteiger partial charge in [-0.15, -0.1) is 0 Å². The summed E-state index contributed by atoms with van der Waals surface area (Å²) >= 11 is 0. The van der Waals surface area contributed by atoms with Gasteiger partial charge in [0.1, 0.15) is 6.29 Å². The van der Waals surface area contributed by atoms with Gasteiger partial charge in [0, 0.05) is 74.7 Å². The van der Waals surface area contributed by atoms with Gasteiger partial charge in [0.25, 0.3) is 0 Å². The van der Waals surface area contributed by atoms with Crippen LogP contribution in [0.25, 0.3) is 10.9 Å². The van der Waals surface area contributed by atoms with E-state index in [0.29, 0.717) is 6.42 Å². The number of aldehydes is 1. The van der Waals surface area contributed by atoms with Crippen molar-refractivity contribution in [2.24, 2.45) is 5.92 Å². The topological polar surface area (TPSA) is 42.6 Å². The average Bonchev–Trinajstić information content (AvgIpc) is 3.24. The van der Waals surface area contributed by atoms with Crippen LogP contribution in [0.3, 0.4) is 0 Å². The molecule has 0 radical (unpaired) electrons. The van der Waals surface area contributed by atoms with Crippen molar-refractivity contribution >= 4 is 17.2 Å². The third-order valence-electron chi connectivity index (χ3n) is 6.92. The zero-order valence-electron chi connectivity index (χ0n) is 19.9. The molecule has 0 amide bonds. The highest BCUT2D eigenvalue weighted by atomic mass is 16.1. The van der Waals surface area contributed by atoms with Crippen LogP contribution in [0.2, 0.25) is 0 Å². The molecule has 33 heavy (non-hydrogen) atoms. The Morgan fingerprint density at radius 2 is 1.70 bits per heavy atom. The summed E-state index contributed by atoms with van der Waals surface area (Å²) in [5.74, 6) is 0.171. The maximum absolute atomic E-state index is 11.4. The monoisotopic (exact) mass is 444 g/mol. The Hall–Kier alpha value is -2.73. The molecule has 2 heterocycles. The van der Waals surface area contributed by atoms with Gasteiger partial charge < -0.3 is 19.6 Å². The Bertz CT molecular complexity index is 1050. The van der Waals surface area contributed by atoms with Crippen LogP contribution >= 0.6 is 0 Å². The number of carbonyl (C=O) groups is 1. The van der Waals surface area contributed by atoms with E-state index in [2.05, 4.69) is 101 Å². The maximum atomic E-state index is 11.4. The van der Waals surface area contributed by atoms with Gasteiger partial charge in [-0.1, -0.05) is 60.7 Å². The SMILES string of the molecule is C=C(CC=O)C(CN1CCN(Cc2ccccc2)CC1)C(c1c[nH]c2ccccc12)N(C)C. The standard InChI is InChI=1S/C28H36N4O/c1-22(13-18-33)26(28(30(2)3)25-19-29-27-12-8-7-11-24(25)27)21-32-16-14-31(15-17-32)20-23-9-5-4-6-10-23/h4-12,18-19,26,28-29H,1,13-17,20-21H2,2-3H3. The summed E-state index contributed by atoms with van der Waals surface area (Å²) in [7, 11) is 4.26. The summed E-state index contributed by atoms with van der Waals surface area (Å²) in [6, 6.07) is 19.3. The molecule has 1 aromatic heterocycles. The predicted molar refractivity (Wildman–Crippen MR) is 136 cm³/mol. The molecule has 0 spiro atoms. The number of H-pyrrole nitrogens is 1. The van der Waals surface area contributed by atoms with Crippen LogP contribution in [-0.2, 0) is 11.3 Å². The van der Waals surface area contributed by atoms with E-state index in [4.69, 9.17) is 0 Å². The minimum Gasteiger partial charge on any atom is -0.361 e. The lowest BCUT2D eigenvalue weighted by Crippen LogP contribution is -2.48. The molecule has 1 fully saturated rings. The van der Waals surface area contributed by atoms with E-state index in [9.17, 15) is 4.79 Å². The Balaban J connectivity index is 1.50. The van der Waals surface area contributed by atoms with Gasteiger partial charge in [-0.25, -0.2) is 0 Å². The molecule has 5 nitrogen and oxygen atoms in total. The van der Waals surface area contributed by atoms with E-state index in [1.807, 2.05) is 0 Å². The Morgan fingerprint density at radius 3 is 2.39 bits per heavy atom. The quantitative estimate of drug-likeness (QED) is 0.373. The molecule has 5 heteroatoms. The number of piperazine rings is 1. The number of aromatic amines is 1. The molecule has 0 bridgehead atoms. The summed E-state index contributed by atoms with van der Waals surface area (Å²) in [4.78, 5) is 22.2. The fourth-order valence-corrected chi connectivity index (χ4v) is 5.15. The van der Waals surface area contributed by atoms with Crippen LogP contribution in [0, 0.1) is 5.92 Å². The first kappa shape index (κ1) is 23.4. The smallest absolute Gasteiger partial charge is 0.124 e. The number of fused-ring (bicyclic) bond motifs is 1. The molecule has 1 aliphatic rings. The number of benzene rings is 2. The van der Waals surface area contributed by atoms with Gasteiger partial charge in [0.2, 0.25) is 0 Å². The van der Waals surface area contributed by atoms with E-state index in [-0.39, 0.29) is 12.0 Å². The molecule has 1 N–H and O–H groups in total. The molecule has 1 aliphatic heterocycles. The summed E-state index contributed by atoms with van der Waals surface area (Å²) in [5.41, 5.74) is 4.81. The van der Waals surface area contributed by atoms with Crippen LogP contribution in [0.1, 0.15) is 23.6 Å². The normalized spacial score (nSPS) is 17.3. The number of carbonyl (C=O) groups excluding carboxylic acids is 1. The molecular formula is C28H36N4O. The van der Waals surface area contributed by atoms with E-state index in [0.717, 1.165) is 56.6 Å². The first-order valence-corrected chi connectivity index (χ1v) is 11.9. The van der Waals surface area contributed by atoms with Gasteiger partial charge in [0.05, 0.1) is 0 Å². The lowest BCUT2D eigenvalue weighted by Gasteiger charge is -2.40. The Kier molecular flexibility index (Phi) is 7.76. The lowest BCUT2D eigenvalue weighted by molar-refractivity contribution is -0.107. The third kappa shape index (κ3) is 5.61. The summed E-state index contributed by atoms with van der Waals surface area (Å²) in [5, 5.41) is 1.24. The highest BCUT2D eigenvalue weighted by Gasteiger charge is 2.31. The largest absolute Gasteiger partial charge is 0.361 e. The first-order valence-electron chi connectivity index (χ1n) is 11.9. The van der Waals surface area contributed by atoms with E-state index in [1.165, 1.54) is 16.5 Å². The first-order chi connectivity index (χ1) is 16.1. The number of para-hydroxylation sites is 1. The van der Waals surface area contributed by atoms with Crippen molar-refractivity contribution in [1.82, 2.24) is 19.7 Å². The molecule has 0 saturated carbocycles. The average molecular weight is 445 g/mol. The van der Waals surface area contributed by atoms with Crippen LogP contribution in [0.5, 0.6) is 0 Å². The van der Waals surface area contributed by atoms with Crippen molar-refractivity contribution < 1.29 is 4.79 Å². The lowest BCUT2D eigenvalue weighted by atomic mass is 9.84. The molecule has 3 aromatic rings. The van der Waals surface area contributed by atoms with Crippen molar-refractivity contribution in [3.63, 3.8) is 0 Å². The van der Waals surface area contributed by atoms with E-state index in [1.54, 1.807) is 0 Å². The van der Waals surface area contributed by atoms with Crippen molar-refractivity contribution in [1.29, 1.82) is 0 Å². The highest BCUT2D eigenvalue weighted by molar-refractivity contribution is 5.83. The predicted octanol–water partition coefficient (Wildman–Crippen LogP) is 4.35. The Morgan fingerprint density at radius 1 is 1.03 bits per heavy atom. The number of rotatable bonds is 10. The van der Waals surface area contributed by atoms with Crippen molar-refractivity contribution in [3.8, 4) is 0 Å². The van der Waals surface area contributed by atoms with Gasteiger partial charge in [0.15, 0.2) is 0 Å². The number of hydrogen-bond donors (Lipinski definition) is 1. The van der Waals surface area contributed by atoms with E-state index < -0.39 is 0 Å². The summed E-state index contributed by atoms with van der Waals surface area (Å²) in [6.07, 6.45) is 3.54. The van der Waals surface area contributed by atoms with Gasteiger partial charge in [-0.05, 0) is 31.3 Å². The molecule has 2 unspecified atom stereocenters. The van der Waals surface area contributed by atoms with Crippen molar-refractivity contribution in [2.75, 3.05) is 46.8 Å². The maximum Gasteiger partial charge on any atom is 0.124 e. The molecule has 1 saturated heterocycles. The minimum absolute atomic E-state index is 0.149. The molecule has 174 valence electrons. The highest BCUT2D eigenvalue weighted by Crippen LogP contribution is 2.37. The van der Waals surface area contributed by atoms with E-state index >= 15 is 0 Å². The van der Waals surface area contributed by atoms with Crippen molar-refractivity contribution in [3.05, 3.63) is 84.1 Å². The molecule has 2 aromatic carbocycles. The number of aromatic nitrogens is 1. The fourth-order valence-electron chi connectivity index (χ4n) is 5.15. The number of nitrogens with one attached hydrogen (secondary N) is 1. The summed E-state index contributed by atoms with van der Waals surface area (Å²) < 4.78 is 0. The molecule has 0 aliphatic carbocycles. The third-order valence-corrected chi connectivity index (χ3v) is 6.92. The Labute approximate surface area is 197 Å². The van der Waals surface area contributed by atoms with Crippen LogP contribution in [0.15, 0.2) is 72.9 Å². The second-order valence-corrected chi connectivity index (χ2v) is 9.40. The molecule has 4 rings (SSSR count). The van der Waals surface area contributed by atoms with Gasteiger partial charge >= 0.3 is 0 Å². The zero-order chi connectivity index (χ0) is 23.2. The molecular weight excluding hydrogens is 408 g/mol. The van der Waals surface area contributed by atoms with Crippen LogP contribution in [0.4, 0.5) is 0 Å². The molecule has 2 atom stereocenters. The van der Waals surface area contributed by atoms with Crippen LogP contribution < -0.4 is 0 Å². The fraction of sp³-hybridized carbons (Fsp3) is 0.393. The summed E-state index contributed by atoms with van der Waals surface area (Å²) in [6.45, 7) is 10.5. The minimum atomic E-state index is 0.149. The zero-order valence-corrected chi connectivity index (χ0v) is 19.9. The second kappa shape index (κ2) is 10.9. The number of hydrogen-bond acceptors (Lipinski definition) is 4. The van der Waals surface area contributed by atoms with Gasteiger partial charge in [-0.2, -0.15) is 0 Å². The second-order valence-electron chi connectivity index (χ2n) is 9.40. The van der Waals surface area contributed by atoms with Crippen molar-refractivity contribution in [2.45, 2.75) is 19.0 Å². The van der Waals surface area contributed by atoms with Gasteiger partial charge in [-0.3, -0.25) is 4.90 Å².